The number of rotatable bonds is 7. The molecule has 2 N–H and O–H groups in total. The van der Waals surface area contributed by atoms with Gasteiger partial charge in [-0.2, -0.15) is 5.26 Å². The van der Waals surface area contributed by atoms with E-state index in [0.717, 1.165) is 15.5 Å². The number of carbonyl (C=O) groups excluding carboxylic acids is 2. The van der Waals surface area contributed by atoms with E-state index in [1.807, 2.05) is 0 Å². The first-order valence-electron chi connectivity index (χ1n) is 12.9. The van der Waals surface area contributed by atoms with Crippen LogP contribution in [0.5, 0.6) is 5.75 Å². The number of ether oxygens (including phenoxy) is 1. The molecule has 1 saturated carbocycles. The molecule has 1 aromatic carbocycles. The molecule has 0 radical (unpaired) electrons. The lowest BCUT2D eigenvalue weighted by Crippen LogP contribution is -2.50. The van der Waals surface area contributed by atoms with Crippen molar-refractivity contribution in [3.63, 3.8) is 0 Å². The molecule has 2 heterocycles. The standard InChI is InChI=1S/C20H23F7N4O3S.C6H7NO/c21-20(22)7-5-13(6-8-20)29-18(33)11-31(19(34)17-9-15(32)10-30(17)12-28)14-1-3-16(4-2-14)35(23,24,25,26)27;1-8-6-2-4-7-5-3-6/h1-4,13,15,17,32H,5-11H2,(H,29,33);2-5H,1H3. The number of nitrogens with zero attached hydrogens (tertiary/aromatic N) is 4. The Labute approximate surface area is 243 Å². The van der Waals surface area contributed by atoms with Crippen LogP contribution in [-0.4, -0.2) is 71.1 Å². The average molecular weight is 642 g/mol. The first-order chi connectivity index (χ1) is 19.8. The molecule has 2 amide bonds. The van der Waals surface area contributed by atoms with Crippen LogP contribution in [0.25, 0.3) is 0 Å². The maximum atomic E-state index is 13.3. The van der Waals surface area contributed by atoms with Crippen molar-refractivity contribution < 1.29 is 47.6 Å². The Morgan fingerprint density at radius 3 is 2.19 bits per heavy atom. The van der Waals surface area contributed by atoms with Gasteiger partial charge in [0.1, 0.15) is 23.2 Å². The van der Waals surface area contributed by atoms with E-state index in [0.29, 0.717) is 12.1 Å². The van der Waals surface area contributed by atoms with Gasteiger partial charge in [0.05, 0.1) is 19.8 Å². The summed E-state index contributed by atoms with van der Waals surface area (Å²) in [6.45, 7) is -0.959. The number of methoxy groups -OCH3 is 1. The Morgan fingerprint density at radius 1 is 1.12 bits per heavy atom. The number of anilines is 1. The number of nitriles is 1. The van der Waals surface area contributed by atoms with Crippen molar-refractivity contribution in [2.24, 2.45) is 0 Å². The summed E-state index contributed by atoms with van der Waals surface area (Å²) in [6.07, 6.45) is 2.88. The van der Waals surface area contributed by atoms with Gasteiger partial charge in [-0.1, -0.05) is 19.4 Å². The van der Waals surface area contributed by atoms with Gasteiger partial charge in [0.2, 0.25) is 11.8 Å². The van der Waals surface area contributed by atoms with E-state index in [-0.39, 0.29) is 43.6 Å². The highest BCUT2D eigenvalue weighted by Gasteiger charge is 2.65. The molecule has 4 rings (SSSR count). The Morgan fingerprint density at radius 2 is 1.70 bits per heavy atom. The second-order valence-corrected chi connectivity index (χ2v) is 12.5. The fraction of sp³-hybridized carbons (Fsp3) is 0.462. The minimum absolute atomic E-state index is 0.0255. The molecule has 1 aliphatic carbocycles. The molecular formula is C26H30F7N5O4S. The van der Waals surface area contributed by atoms with Crippen LogP contribution in [-0.2, 0) is 9.59 Å². The van der Waals surface area contributed by atoms with E-state index in [4.69, 9.17) is 4.74 Å². The highest BCUT2D eigenvalue weighted by Crippen LogP contribution is 3.02. The van der Waals surface area contributed by atoms with Crippen molar-refractivity contribution in [1.29, 1.82) is 5.26 Å². The number of aliphatic hydroxyl groups excluding tert-OH is 1. The quantitative estimate of drug-likeness (QED) is 0.308. The van der Waals surface area contributed by atoms with E-state index in [2.05, 4.69) is 10.3 Å². The summed E-state index contributed by atoms with van der Waals surface area (Å²) >= 11 is 0. The zero-order chi connectivity index (χ0) is 32.1. The molecule has 1 aliphatic heterocycles. The second-order valence-electron chi connectivity index (χ2n) is 10.1. The number of nitrogens with one attached hydrogen (secondary N) is 1. The largest absolute Gasteiger partial charge is 0.497 e. The van der Waals surface area contributed by atoms with Crippen molar-refractivity contribution in [1.82, 2.24) is 15.2 Å². The van der Waals surface area contributed by atoms with Crippen LogP contribution in [0.2, 0.25) is 0 Å². The molecule has 2 atom stereocenters. The predicted molar refractivity (Wildman–Crippen MR) is 143 cm³/mol. The lowest BCUT2D eigenvalue weighted by atomic mass is 9.92. The van der Waals surface area contributed by atoms with Crippen LogP contribution in [0.1, 0.15) is 32.1 Å². The van der Waals surface area contributed by atoms with Crippen molar-refractivity contribution in [2.45, 2.75) is 61.1 Å². The van der Waals surface area contributed by atoms with Crippen LogP contribution in [0, 0.1) is 11.5 Å². The molecular weight excluding hydrogens is 611 g/mol. The lowest BCUT2D eigenvalue weighted by Gasteiger charge is -2.40. The average Bonchev–Trinajstić information content (AvgIpc) is 3.33. The Bertz CT molecular complexity index is 1320. The minimum Gasteiger partial charge on any atom is -0.497 e. The molecule has 1 saturated heterocycles. The number of likely N-dealkylation sites (tertiary alicyclic amines) is 1. The highest BCUT2D eigenvalue weighted by molar-refractivity contribution is 8.45. The molecule has 2 unspecified atom stereocenters. The van der Waals surface area contributed by atoms with E-state index < -0.39 is 70.4 Å². The zero-order valence-electron chi connectivity index (χ0n) is 22.8. The van der Waals surface area contributed by atoms with Crippen molar-refractivity contribution in [3.8, 4) is 11.9 Å². The number of hydrogen-bond acceptors (Lipinski definition) is 7. The normalized spacial score (nSPS) is 21.7. The van der Waals surface area contributed by atoms with Gasteiger partial charge in [0, 0.05) is 43.4 Å². The third kappa shape index (κ3) is 9.61. The summed E-state index contributed by atoms with van der Waals surface area (Å²) in [6, 6.07) is 3.13. The summed E-state index contributed by atoms with van der Waals surface area (Å²) in [5, 5.41) is 21.5. The molecule has 1 aromatic heterocycles. The van der Waals surface area contributed by atoms with Gasteiger partial charge in [-0.3, -0.25) is 19.5 Å². The number of pyridine rings is 1. The fourth-order valence-electron chi connectivity index (χ4n) is 4.59. The number of benzene rings is 1. The Hall–Kier alpha value is -3.78. The predicted octanol–water partition coefficient (Wildman–Crippen LogP) is 5.38. The molecule has 238 valence electrons. The second kappa shape index (κ2) is 12.1. The van der Waals surface area contributed by atoms with Gasteiger partial charge in [-0.25, -0.2) is 8.78 Å². The molecule has 0 bridgehead atoms. The van der Waals surface area contributed by atoms with E-state index in [1.165, 1.54) is 0 Å². The number of halogens is 7. The van der Waals surface area contributed by atoms with Crippen LogP contribution < -0.4 is 15.0 Å². The fourth-order valence-corrected chi connectivity index (χ4v) is 5.24. The van der Waals surface area contributed by atoms with E-state index >= 15 is 0 Å². The van der Waals surface area contributed by atoms with E-state index in [1.54, 1.807) is 37.8 Å². The van der Waals surface area contributed by atoms with Crippen molar-refractivity contribution >= 4 is 27.7 Å². The summed E-state index contributed by atoms with van der Waals surface area (Å²) in [5.41, 5.74) is -0.329. The van der Waals surface area contributed by atoms with Gasteiger partial charge in [-0.15, -0.1) is 0 Å². The molecule has 9 nitrogen and oxygen atoms in total. The van der Waals surface area contributed by atoms with Gasteiger partial charge in [0.15, 0.2) is 6.19 Å². The van der Waals surface area contributed by atoms with Crippen molar-refractivity contribution in [3.05, 3.63) is 48.8 Å². The summed E-state index contributed by atoms with van der Waals surface area (Å²) in [5.74, 6) is -3.74. The molecule has 43 heavy (non-hydrogen) atoms. The summed E-state index contributed by atoms with van der Waals surface area (Å²) in [7, 11) is -8.35. The molecule has 0 spiro atoms. The number of β-amino-alcohol motifs (C(OH)–C–C–N with tert-alkyl or cyclic N) is 1. The van der Waals surface area contributed by atoms with Crippen molar-refractivity contribution in [2.75, 3.05) is 25.1 Å². The molecule has 2 aromatic rings. The molecule has 2 aliphatic rings. The molecule has 17 heteroatoms. The molecule has 2 fully saturated rings. The summed E-state index contributed by atoms with van der Waals surface area (Å²) < 4.78 is 97.0. The monoisotopic (exact) mass is 641 g/mol. The number of carbonyl (C=O) groups is 2. The minimum atomic E-state index is -9.99. The topological polar surface area (TPSA) is 119 Å². The van der Waals surface area contributed by atoms with Crippen LogP contribution in [0.15, 0.2) is 53.7 Å². The number of alkyl halides is 2. The first-order valence-corrected chi connectivity index (χ1v) is 14.9. The maximum Gasteiger partial charge on any atom is 0.310 e. The zero-order valence-corrected chi connectivity index (χ0v) is 23.6. The Kier molecular flexibility index (Phi) is 9.47. The lowest BCUT2D eigenvalue weighted by molar-refractivity contribution is -0.126. The van der Waals surface area contributed by atoms with Crippen LogP contribution in [0.4, 0.5) is 33.9 Å². The summed E-state index contributed by atoms with van der Waals surface area (Å²) in [4.78, 5) is 29.0. The van der Waals surface area contributed by atoms with E-state index in [9.17, 15) is 48.2 Å². The van der Waals surface area contributed by atoms with Gasteiger partial charge < -0.3 is 20.1 Å². The van der Waals surface area contributed by atoms with Crippen LogP contribution in [0.3, 0.4) is 0 Å². The van der Waals surface area contributed by atoms with Gasteiger partial charge in [0.25, 0.3) is 5.91 Å². The number of aromatic nitrogens is 1. The third-order valence-electron chi connectivity index (χ3n) is 6.82. The van der Waals surface area contributed by atoms with Gasteiger partial charge >= 0.3 is 10.2 Å². The third-order valence-corrected chi connectivity index (χ3v) is 7.98. The van der Waals surface area contributed by atoms with Gasteiger partial charge in [-0.05, 0) is 49.2 Å². The first kappa shape index (κ1) is 33.7. The van der Waals surface area contributed by atoms with Crippen LogP contribution >= 0.6 is 10.2 Å². The smallest absolute Gasteiger partial charge is 0.310 e. The SMILES string of the molecule is COc1ccncc1.N#CN1CC(O)CC1C(=O)N(CC(=O)NC1CCC(F)(F)CC1)c1ccc(S(F)(F)(F)(F)F)cc1. The number of hydrogen-bond donors (Lipinski definition) is 2. The number of aliphatic hydroxyl groups is 1. The maximum absolute atomic E-state index is 13.3. The highest BCUT2D eigenvalue weighted by atomic mass is 32.5. The number of amides is 2. The Balaban J connectivity index is 0.000000546.